The van der Waals surface area contributed by atoms with Gasteiger partial charge in [0.25, 0.3) is 0 Å². The van der Waals surface area contributed by atoms with Gasteiger partial charge in [-0.3, -0.25) is 4.79 Å². The number of Topliss-reactive ketones (excluding diaryl/α,β-unsaturated/α-hetero) is 1. The Morgan fingerprint density at radius 1 is 1.10 bits per heavy atom. The summed E-state index contributed by atoms with van der Waals surface area (Å²) in [6.45, 7) is 4.45. The predicted octanol–water partition coefficient (Wildman–Crippen LogP) is 4.79. The number of benzene rings is 2. The number of carbonyl (C=O) groups excluding carboxylic acids is 1. The van der Waals surface area contributed by atoms with Crippen molar-refractivity contribution in [3.63, 3.8) is 0 Å². The fourth-order valence-electron chi connectivity index (χ4n) is 3.22. The largest absolute Gasteiger partial charge is 0.478 e. The molecule has 3 aromatic rings. The number of carboxylic acid groups (broad SMARTS) is 1. The number of aromatic carboxylic acids is 1. The van der Waals surface area contributed by atoms with Gasteiger partial charge in [0, 0.05) is 12.8 Å². The number of allylic oxidation sites excluding steroid dienone is 2. The molecule has 1 aromatic heterocycles. The zero-order valence-corrected chi connectivity index (χ0v) is 17.2. The van der Waals surface area contributed by atoms with E-state index < -0.39 is 5.97 Å². The van der Waals surface area contributed by atoms with E-state index in [0.29, 0.717) is 24.9 Å². The van der Waals surface area contributed by atoms with Gasteiger partial charge in [-0.05, 0) is 36.1 Å². The van der Waals surface area contributed by atoms with Gasteiger partial charge in [-0.1, -0.05) is 61.5 Å². The van der Waals surface area contributed by atoms with Gasteiger partial charge in [0.15, 0.2) is 0 Å². The van der Waals surface area contributed by atoms with E-state index in [-0.39, 0.29) is 17.2 Å². The predicted molar refractivity (Wildman–Crippen MR) is 116 cm³/mol. The minimum absolute atomic E-state index is 0.0430. The standard InChI is InChI=1S/C24H25N3O3/c1-3-5-15-27-22(25-23(26-27)21(28)8-4-2)16-17-11-13-18(14-12-17)19-9-6-7-10-20(19)24(29)30/h3,5-7,9-14H,4,8,15-16H2,1-2H3,(H,29,30). The highest BCUT2D eigenvalue weighted by Crippen LogP contribution is 2.24. The Kier molecular flexibility index (Phi) is 6.91. The molecule has 0 fully saturated rings. The fourth-order valence-corrected chi connectivity index (χ4v) is 3.22. The lowest BCUT2D eigenvalue weighted by Gasteiger charge is -2.08. The summed E-state index contributed by atoms with van der Waals surface area (Å²) in [5, 5.41) is 13.8. The maximum Gasteiger partial charge on any atom is 0.336 e. The molecule has 0 aliphatic heterocycles. The van der Waals surface area contributed by atoms with E-state index in [0.717, 1.165) is 23.4 Å². The molecule has 0 saturated carbocycles. The van der Waals surface area contributed by atoms with Gasteiger partial charge in [0.1, 0.15) is 5.82 Å². The van der Waals surface area contributed by atoms with Crippen molar-refractivity contribution in [1.29, 1.82) is 0 Å². The summed E-state index contributed by atoms with van der Waals surface area (Å²) in [6, 6.07) is 14.7. The maximum absolute atomic E-state index is 12.2. The van der Waals surface area contributed by atoms with Crippen molar-refractivity contribution in [2.75, 3.05) is 0 Å². The number of nitrogens with zero attached hydrogens (tertiary/aromatic N) is 3. The number of carbonyl (C=O) groups is 2. The van der Waals surface area contributed by atoms with Crippen LogP contribution in [0.1, 0.15) is 59.1 Å². The Morgan fingerprint density at radius 2 is 1.83 bits per heavy atom. The van der Waals surface area contributed by atoms with Crippen LogP contribution in [0.4, 0.5) is 0 Å². The summed E-state index contributed by atoms with van der Waals surface area (Å²) in [5.74, 6) is 0.00392. The Bertz CT molecular complexity index is 1070. The molecule has 0 aliphatic rings. The van der Waals surface area contributed by atoms with Crippen LogP contribution in [0.25, 0.3) is 11.1 Å². The average Bonchev–Trinajstić information content (AvgIpc) is 3.15. The quantitative estimate of drug-likeness (QED) is 0.410. The van der Waals surface area contributed by atoms with Crippen molar-refractivity contribution in [3.8, 4) is 11.1 Å². The van der Waals surface area contributed by atoms with Crippen LogP contribution in [0.2, 0.25) is 0 Å². The van der Waals surface area contributed by atoms with Crippen LogP contribution in [-0.4, -0.2) is 31.6 Å². The van der Waals surface area contributed by atoms with Crippen molar-refractivity contribution in [2.45, 2.75) is 39.7 Å². The average molecular weight is 403 g/mol. The molecule has 1 heterocycles. The number of rotatable bonds is 9. The number of ketones is 1. The van der Waals surface area contributed by atoms with Gasteiger partial charge >= 0.3 is 5.97 Å². The highest BCUT2D eigenvalue weighted by atomic mass is 16.4. The SMILES string of the molecule is CC=CCn1nc(C(=O)CCC)nc1Cc1ccc(-c2ccccc2C(=O)O)cc1. The van der Waals surface area contributed by atoms with Crippen LogP contribution in [-0.2, 0) is 13.0 Å². The summed E-state index contributed by atoms with van der Waals surface area (Å²) in [5.41, 5.74) is 2.80. The first-order valence-electron chi connectivity index (χ1n) is 10.0. The summed E-state index contributed by atoms with van der Waals surface area (Å²) in [6.07, 6.45) is 5.64. The van der Waals surface area contributed by atoms with E-state index in [1.807, 2.05) is 56.3 Å². The number of hydrogen-bond donors (Lipinski definition) is 1. The van der Waals surface area contributed by atoms with Crippen LogP contribution in [0.5, 0.6) is 0 Å². The van der Waals surface area contributed by atoms with Crippen molar-refractivity contribution >= 4 is 11.8 Å². The van der Waals surface area contributed by atoms with E-state index in [1.165, 1.54) is 0 Å². The van der Waals surface area contributed by atoms with Crippen LogP contribution in [0, 0.1) is 0 Å². The van der Waals surface area contributed by atoms with Crippen molar-refractivity contribution in [2.24, 2.45) is 0 Å². The lowest BCUT2D eigenvalue weighted by Crippen LogP contribution is -2.06. The molecule has 0 bridgehead atoms. The molecule has 0 atom stereocenters. The third kappa shape index (κ3) is 4.89. The Balaban J connectivity index is 1.86. The van der Waals surface area contributed by atoms with Crippen molar-refractivity contribution in [3.05, 3.63) is 83.5 Å². The van der Waals surface area contributed by atoms with E-state index in [1.54, 1.807) is 22.9 Å². The smallest absolute Gasteiger partial charge is 0.336 e. The summed E-state index contributed by atoms with van der Waals surface area (Å²) in [4.78, 5) is 28.2. The highest BCUT2D eigenvalue weighted by molar-refractivity contribution is 5.96. The number of carboxylic acids is 1. The van der Waals surface area contributed by atoms with Crippen LogP contribution < -0.4 is 0 Å². The van der Waals surface area contributed by atoms with E-state index >= 15 is 0 Å². The lowest BCUT2D eigenvalue weighted by molar-refractivity contribution is 0.0697. The molecule has 0 unspecified atom stereocenters. The number of hydrogen-bond acceptors (Lipinski definition) is 4. The molecule has 0 saturated heterocycles. The first-order valence-corrected chi connectivity index (χ1v) is 10.0. The van der Waals surface area contributed by atoms with E-state index in [9.17, 15) is 14.7 Å². The molecule has 0 spiro atoms. The lowest BCUT2D eigenvalue weighted by atomic mass is 9.98. The molecule has 30 heavy (non-hydrogen) atoms. The molecule has 1 N–H and O–H groups in total. The summed E-state index contributed by atoms with van der Waals surface area (Å²) >= 11 is 0. The second kappa shape index (κ2) is 9.78. The highest BCUT2D eigenvalue weighted by Gasteiger charge is 2.16. The normalized spacial score (nSPS) is 11.1. The van der Waals surface area contributed by atoms with Crippen LogP contribution in [0.15, 0.2) is 60.7 Å². The van der Waals surface area contributed by atoms with Crippen molar-refractivity contribution in [1.82, 2.24) is 14.8 Å². The van der Waals surface area contributed by atoms with E-state index in [2.05, 4.69) is 10.1 Å². The second-order valence-corrected chi connectivity index (χ2v) is 7.00. The zero-order chi connectivity index (χ0) is 21.5. The van der Waals surface area contributed by atoms with Crippen molar-refractivity contribution < 1.29 is 14.7 Å². The maximum atomic E-state index is 12.2. The summed E-state index contributed by atoms with van der Waals surface area (Å²) < 4.78 is 1.76. The minimum atomic E-state index is -0.948. The Hall–Kier alpha value is -3.54. The molecule has 0 aliphatic carbocycles. The van der Waals surface area contributed by atoms with Gasteiger partial charge in [-0.2, -0.15) is 0 Å². The molecule has 2 aromatic carbocycles. The second-order valence-electron chi connectivity index (χ2n) is 7.00. The molecular weight excluding hydrogens is 378 g/mol. The van der Waals surface area contributed by atoms with Crippen LogP contribution >= 0.6 is 0 Å². The molecule has 0 amide bonds. The first kappa shape index (κ1) is 21.2. The minimum Gasteiger partial charge on any atom is -0.478 e. The third-order valence-corrected chi connectivity index (χ3v) is 4.77. The first-order chi connectivity index (χ1) is 14.5. The fraction of sp³-hybridized carbons (Fsp3) is 0.250. The molecule has 6 nitrogen and oxygen atoms in total. The summed E-state index contributed by atoms with van der Waals surface area (Å²) in [7, 11) is 0. The monoisotopic (exact) mass is 403 g/mol. The van der Waals surface area contributed by atoms with Gasteiger partial charge in [-0.15, -0.1) is 5.10 Å². The molecule has 154 valence electrons. The van der Waals surface area contributed by atoms with Gasteiger partial charge in [0.05, 0.1) is 12.1 Å². The van der Waals surface area contributed by atoms with Gasteiger partial charge < -0.3 is 5.11 Å². The van der Waals surface area contributed by atoms with Gasteiger partial charge in [0.2, 0.25) is 11.6 Å². The topological polar surface area (TPSA) is 85.1 Å². The number of aromatic nitrogens is 3. The molecule has 0 radical (unpaired) electrons. The Morgan fingerprint density at radius 3 is 2.50 bits per heavy atom. The Labute approximate surface area is 175 Å². The van der Waals surface area contributed by atoms with Gasteiger partial charge in [-0.25, -0.2) is 14.5 Å². The van der Waals surface area contributed by atoms with E-state index in [4.69, 9.17) is 0 Å². The molecule has 6 heteroatoms. The molecular formula is C24H25N3O3. The van der Waals surface area contributed by atoms with Crippen LogP contribution in [0.3, 0.4) is 0 Å². The zero-order valence-electron chi connectivity index (χ0n) is 17.2. The third-order valence-electron chi connectivity index (χ3n) is 4.77. The molecule has 3 rings (SSSR count).